The summed E-state index contributed by atoms with van der Waals surface area (Å²) < 4.78 is 37.0. The van der Waals surface area contributed by atoms with E-state index in [0.717, 1.165) is 0 Å². The molecule has 0 aliphatic carbocycles. The van der Waals surface area contributed by atoms with E-state index in [9.17, 15) is 13.2 Å². The van der Waals surface area contributed by atoms with Crippen LogP contribution in [0.2, 0.25) is 0 Å². The van der Waals surface area contributed by atoms with Crippen molar-refractivity contribution in [2.75, 3.05) is 13.1 Å². The van der Waals surface area contributed by atoms with Crippen LogP contribution >= 0.6 is 0 Å². The van der Waals surface area contributed by atoms with Gasteiger partial charge in [-0.3, -0.25) is 15.3 Å². The van der Waals surface area contributed by atoms with E-state index in [1.165, 1.54) is 11.1 Å². The Hall–Kier alpha value is -1.63. The molecule has 0 aliphatic heterocycles. The molecule has 0 saturated heterocycles. The van der Waals surface area contributed by atoms with Gasteiger partial charge in [-0.1, -0.05) is 13.0 Å². The quantitative estimate of drug-likeness (QED) is 0.626. The molecule has 1 rings (SSSR count). The van der Waals surface area contributed by atoms with Crippen LogP contribution < -0.4 is 5.73 Å². The third kappa shape index (κ3) is 4.33. The van der Waals surface area contributed by atoms with Crippen molar-refractivity contribution in [3.8, 4) is 0 Å². The minimum absolute atomic E-state index is 0.0682. The number of alkyl halides is 3. The maximum Gasteiger partial charge on any atom is 0.401 e. The lowest BCUT2D eigenvalue weighted by Crippen LogP contribution is -2.34. The molecule has 0 atom stereocenters. The van der Waals surface area contributed by atoms with Crippen LogP contribution in [-0.4, -0.2) is 35.0 Å². The van der Waals surface area contributed by atoms with E-state index >= 15 is 0 Å². The number of pyridine rings is 1. The Morgan fingerprint density at radius 2 is 2.17 bits per heavy atom. The van der Waals surface area contributed by atoms with Crippen molar-refractivity contribution in [3.63, 3.8) is 0 Å². The second-order valence-electron chi connectivity index (χ2n) is 3.84. The highest BCUT2D eigenvalue weighted by Gasteiger charge is 2.30. The van der Waals surface area contributed by atoms with Crippen molar-refractivity contribution in [1.82, 2.24) is 9.88 Å². The molecule has 0 amide bonds. The zero-order valence-corrected chi connectivity index (χ0v) is 9.96. The monoisotopic (exact) mass is 260 g/mol. The number of nitrogens with one attached hydrogen (secondary N) is 1. The van der Waals surface area contributed by atoms with E-state index in [1.54, 1.807) is 19.1 Å². The summed E-state index contributed by atoms with van der Waals surface area (Å²) in [5.41, 5.74) is 6.10. The van der Waals surface area contributed by atoms with Crippen molar-refractivity contribution in [2.24, 2.45) is 5.73 Å². The summed E-state index contributed by atoms with van der Waals surface area (Å²) in [6, 6.07) is 3.24. The van der Waals surface area contributed by atoms with Gasteiger partial charge in [-0.05, 0) is 18.2 Å². The first-order chi connectivity index (χ1) is 8.33. The van der Waals surface area contributed by atoms with Gasteiger partial charge in [0.25, 0.3) is 0 Å². The van der Waals surface area contributed by atoms with Gasteiger partial charge in [0.1, 0.15) is 11.5 Å². The zero-order chi connectivity index (χ0) is 13.8. The lowest BCUT2D eigenvalue weighted by atomic mass is 10.1. The molecule has 0 aromatic carbocycles. The summed E-state index contributed by atoms with van der Waals surface area (Å²) in [7, 11) is 0. The zero-order valence-electron chi connectivity index (χ0n) is 9.96. The van der Waals surface area contributed by atoms with Crippen LogP contribution in [0.15, 0.2) is 18.3 Å². The molecule has 0 bridgehead atoms. The summed E-state index contributed by atoms with van der Waals surface area (Å²) in [4.78, 5) is 5.13. The lowest BCUT2D eigenvalue weighted by Gasteiger charge is -2.22. The minimum atomic E-state index is -4.24. The van der Waals surface area contributed by atoms with E-state index in [0.29, 0.717) is 5.56 Å². The van der Waals surface area contributed by atoms with E-state index < -0.39 is 12.7 Å². The van der Waals surface area contributed by atoms with Crippen molar-refractivity contribution >= 4 is 5.84 Å². The number of hydrogen-bond donors (Lipinski definition) is 2. The van der Waals surface area contributed by atoms with Crippen LogP contribution in [0.3, 0.4) is 0 Å². The minimum Gasteiger partial charge on any atom is -0.382 e. The molecule has 18 heavy (non-hydrogen) atoms. The average molecular weight is 260 g/mol. The maximum absolute atomic E-state index is 12.3. The number of aromatic nitrogens is 1. The molecule has 1 aromatic heterocycles. The number of nitrogen functional groups attached to an aromatic ring is 1. The van der Waals surface area contributed by atoms with E-state index in [2.05, 4.69) is 4.98 Å². The highest BCUT2D eigenvalue weighted by Crippen LogP contribution is 2.18. The number of nitrogens with zero attached hydrogens (tertiary/aromatic N) is 2. The van der Waals surface area contributed by atoms with Gasteiger partial charge in [0.05, 0.1) is 6.54 Å². The number of hydrogen-bond acceptors (Lipinski definition) is 3. The Kier molecular flexibility index (Phi) is 4.66. The van der Waals surface area contributed by atoms with Crippen LogP contribution in [0, 0.1) is 5.41 Å². The molecule has 4 nitrogen and oxygen atoms in total. The Labute approximate surface area is 103 Å². The topological polar surface area (TPSA) is 66.0 Å². The summed E-state index contributed by atoms with van der Waals surface area (Å²) in [6.07, 6.45) is -2.78. The second kappa shape index (κ2) is 5.81. The van der Waals surface area contributed by atoms with Gasteiger partial charge in [-0.25, -0.2) is 0 Å². The molecule has 3 N–H and O–H groups in total. The SMILES string of the molecule is CCN(Cc1cccnc1C(=N)N)CC(F)(F)F. The molecule has 7 heteroatoms. The third-order valence-electron chi connectivity index (χ3n) is 2.39. The Morgan fingerprint density at radius 3 is 2.67 bits per heavy atom. The van der Waals surface area contributed by atoms with Gasteiger partial charge in [0, 0.05) is 12.7 Å². The summed E-state index contributed by atoms with van der Waals surface area (Å²) in [5, 5.41) is 7.33. The fraction of sp³-hybridized carbons (Fsp3) is 0.455. The molecule has 1 aromatic rings. The van der Waals surface area contributed by atoms with Crippen LogP contribution in [0.1, 0.15) is 18.2 Å². The first kappa shape index (κ1) is 14.4. The first-order valence-electron chi connectivity index (χ1n) is 5.41. The first-order valence-corrected chi connectivity index (χ1v) is 5.41. The molecule has 0 fully saturated rings. The number of rotatable bonds is 5. The summed E-state index contributed by atoms with van der Waals surface area (Å²) in [6.45, 7) is 0.982. The predicted octanol–water partition coefficient (Wildman–Crippen LogP) is 1.75. The third-order valence-corrected chi connectivity index (χ3v) is 2.39. The smallest absolute Gasteiger partial charge is 0.382 e. The highest BCUT2D eigenvalue weighted by molar-refractivity contribution is 5.94. The van der Waals surface area contributed by atoms with Gasteiger partial charge in [-0.15, -0.1) is 0 Å². The second-order valence-corrected chi connectivity index (χ2v) is 3.84. The fourth-order valence-electron chi connectivity index (χ4n) is 1.58. The normalized spacial score (nSPS) is 11.8. The van der Waals surface area contributed by atoms with Gasteiger partial charge in [0.2, 0.25) is 0 Å². The van der Waals surface area contributed by atoms with E-state index in [-0.39, 0.29) is 24.6 Å². The van der Waals surface area contributed by atoms with Crippen LogP contribution in [-0.2, 0) is 6.54 Å². The Balaban J connectivity index is 2.85. The molecule has 0 saturated carbocycles. The molecule has 0 radical (unpaired) electrons. The molecular formula is C11H15F3N4. The van der Waals surface area contributed by atoms with Gasteiger partial charge >= 0.3 is 6.18 Å². The standard InChI is InChI=1S/C11H15F3N4/c1-2-18(7-11(12,13)14)6-8-4-3-5-17-9(8)10(15)16/h3-5H,2,6-7H2,1H3,(H3,15,16). The summed E-state index contributed by atoms with van der Waals surface area (Å²) >= 11 is 0. The van der Waals surface area contributed by atoms with Gasteiger partial charge in [0.15, 0.2) is 0 Å². The fourth-order valence-corrected chi connectivity index (χ4v) is 1.58. The molecule has 0 aliphatic rings. The lowest BCUT2D eigenvalue weighted by molar-refractivity contribution is -0.146. The number of nitrogens with two attached hydrogens (primary N) is 1. The van der Waals surface area contributed by atoms with E-state index in [1.807, 2.05) is 0 Å². The van der Waals surface area contributed by atoms with Crippen molar-refractivity contribution in [2.45, 2.75) is 19.6 Å². The molecule has 1 heterocycles. The Morgan fingerprint density at radius 1 is 1.50 bits per heavy atom. The average Bonchev–Trinajstić information content (AvgIpc) is 2.26. The highest BCUT2D eigenvalue weighted by atomic mass is 19.4. The predicted molar refractivity (Wildman–Crippen MR) is 62.3 cm³/mol. The van der Waals surface area contributed by atoms with E-state index in [4.69, 9.17) is 11.1 Å². The van der Waals surface area contributed by atoms with Crippen molar-refractivity contribution < 1.29 is 13.2 Å². The van der Waals surface area contributed by atoms with Gasteiger partial charge in [-0.2, -0.15) is 13.2 Å². The molecule has 0 spiro atoms. The largest absolute Gasteiger partial charge is 0.401 e. The van der Waals surface area contributed by atoms with Crippen LogP contribution in [0.5, 0.6) is 0 Å². The van der Waals surface area contributed by atoms with Crippen LogP contribution in [0.25, 0.3) is 0 Å². The molecule has 0 unspecified atom stereocenters. The van der Waals surface area contributed by atoms with Crippen molar-refractivity contribution in [1.29, 1.82) is 5.41 Å². The molecular weight excluding hydrogens is 245 g/mol. The molecule has 100 valence electrons. The summed E-state index contributed by atoms with van der Waals surface area (Å²) in [5.74, 6) is -0.242. The number of amidine groups is 1. The number of halogens is 3. The Bertz CT molecular complexity index is 417. The van der Waals surface area contributed by atoms with Crippen LogP contribution in [0.4, 0.5) is 13.2 Å². The van der Waals surface area contributed by atoms with Gasteiger partial charge < -0.3 is 5.73 Å². The maximum atomic E-state index is 12.3. The van der Waals surface area contributed by atoms with Crippen molar-refractivity contribution in [3.05, 3.63) is 29.6 Å².